The van der Waals surface area contributed by atoms with E-state index >= 15 is 0 Å². The van der Waals surface area contributed by atoms with Crippen molar-refractivity contribution in [3.63, 3.8) is 0 Å². The molecule has 0 amide bonds. The van der Waals surface area contributed by atoms with E-state index in [0.29, 0.717) is 5.56 Å². The topological polar surface area (TPSA) is 72.8 Å². The second kappa shape index (κ2) is 14.0. The second-order valence-electron chi connectivity index (χ2n) is 9.04. The van der Waals surface area contributed by atoms with E-state index in [9.17, 15) is 19.1 Å². The Hall–Kier alpha value is -3.93. The third kappa shape index (κ3) is 9.22. The van der Waals surface area contributed by atoms with E-state index in [0.717, 1.165) is 47.9 Å². The number of aromatic hydroxyl groups is 1. The maximum Gasteiger partial charge on any atom is 0.309 e. The SMILES string of the molecule is COC(=O)Cc1ccc(CCC(/C=C/c2cc(F)ccc2O)CCc2ccc(CC(=O)OC)cc2)cc1. The highest BCUT2D eigenvalue weighted by Gasteiger charge is 2.10. The first-order valence-electron chi connectivity index (χ1n) is 12.3. The van der Waals surface area contributed by atoms with Crippen molar-refractivity contribution in [2.75, 3.05) is 14.2 Å². The molecule has 0 saturated heterocycles. The fourth-order valence-corrected chi connectivity index (χ4v) is 4.06. The number of benzene rings is 3. The van der Waals surface area contributed by atoms with Crippen LogP contribution in [0.15, 0.2) is 72.8 Å². The van der Waals surface area contributed by atoms with Gasteiger partial charge in [0.1, 0.15) is 11.6 Å². The van der Waals surface area contributed by atoms with E-state index in [1.165, 1.54) is 32.4 Å². The smallest absolute Gasteiger partial charge is 0.309 e. The predicted octanol–water partition coefficient (Wildman–Crippen LogP) is 5.86. The van der Waals surface area contributed by atoms with Crippen molar-refractivity contribution in [3.05, 3.63) is 106 Å². The first kappa shape index (κ1) is 27.7. The quantitative estimate of drug-likeness (QED) is 0.313. The van der Waals surface area contributed by atoms with Gasteiger partial charge in [0.15, 0.2) is 0 Å². The zero-order valence-electron chi connectivity index (χ0n) is 21.3. The van der Waals surface area contributed by atoms with Gasteiger partial charge in [-0.15, -0.1) is 0 Å². The lowest BCUT2D eigenvalue weighted by molar-refractivity contribution is -0.140. The molecule has 0 aliphatic heterocycles. The van der Waals surface area contributed by atoms with Crippen LogP contribution in [0.2, 0.25) is 0 Å². The van der Waals surface area contributed by atoms with Crippen molar-refractivity contribution in [3.8, 4) is 5.75 Å². The Morgan fingerprint density at radius 1 is 0.784 bits per heavy atom. The second-order valence-corrected chi connectivity index (χ2v) is 9.04. The molecular formula is C31H33FO5. The fraction of sp³-hybridized carbons (Fsp3) is 0.290. The van der Waals surface area contributed by atoms with Gasteiger partial charge in [0, 0.05) is 5.56 Å². The number of phenols is 1. The lowest BCUT2D eigenvalue weighted by Crippen LogP contribution is -2.05. The van der Waals surface area contributed by atoms with E-state index in [1.807, 2.05) is 54.6 Å². The molecule has 6 heteroatoms. The van der Waals surface area contributed by atoms with Crippen molar-refractivity contribution < 1.29 is 28.6 Å². The van der Waals surface area contributed by atoms with Crippen LogP contribution in [0.5, 0.6) is 5.75 Å². The molecule has 0 fully saturated rings. The first-order valence-corrected chi connectivity index (χ1v) is 12.3. The zero-order chi connectivity index (χ0) is 26.6. The molecular weight excluding hydrogens is 471 g/mol. The molecule has 3 aromatic rings. The van der Waals surface area contributed by atoms with Crippen molar-refractivity contribution in [2.24, 2.45) is 5.92 Å². The van der Waals surface area contributed by atoms with Crippen LogP contribution in [0, 0.1) is 11.7 Å². The van der Waals surface area contributed by atoms with Gasteiger partial charge in [0.05, 0.1) is 27.1 Å². The number of hydrogen-bond donors (Lipinski definition) is 1. The number of ether oxygens (including phenoxy) is 2. The summed E-state index contributed by atoms with van der Waals surface area (Å²) in [6.07, 6.45) is 7.71. The number of halogens is 1. The zero-order valence-corrected chi connectivity index (χ0v) is 21.3. The van der Waals surface area contributed by atoms with Crippen molar-refractivity contribution in [2.45, 2.75) is 38.5 Å². The Morgan fingerprint density at radius 2 is 1.24 bits per heavy atom. The lowest BCUT2D eigenvalue weighted by atomic mass is 9.91. The monoisotopic (exact) mass is 504 g/mol. The Labute approximate surface area is 217 Å². The minimum absolute atomic E-state index is 0.0405. The normalized spacial score (nSPS) is 11.1. The highest BCUT2D eigenvalue weighted by atomic mass is 19.1. The molecule has 3 aromatic carbocycles. The summed E-state index contributed by atoms with van der Waals surface area (Å²) in [7, 11) is 2.76. The van der Waals surface area contributed by atoms with Gasteiger partial charge in [-0.25, -0.2) is 4.39 Å². The summed E-state index contributed by atoms with van der Waals surface area (Å²) in [5.74, 6) is -0.701. The summed E-state index contributed by atoms with van der Waals surface area (Å²) in [4.78, 5) is 23.0. The van der Waals surface area contributed by atoms with Gasteiger partial charge in [-0.3, -0.25) is 9.59 Å². The van der Waals surface area contributed by atoms with Crippen LogP contribution in [-0.4, -0.2) is 31.3 Å². The highest BCUT2D eigenvalue weighted by molar-refractivity contribution is 5.72. The van der Waals surface area contributed by atoms with Crippen LogP contribution in [0.3, 0.4) is 0 Å². The summed E-state index contributed by atoms with van der Waals surface area (Å²) in [6, 6.07) is 19.8. The predicted molar refractivity (Wildman–Crippen MR) is 142 cm³/mol. The number of carbonyl (C=O) groups excluding carboxylic acids is 2. The number of carbonyl (C=O) groups is 2. The molecule has 0 spiro atoms. The Morgan fingerprint density at radius 3 is 1.70 bits per heavy atom. The van der Waals surface area contributed by atoms with Crippen LogP contribution in [0.4, 0.5) is 4.39 Å². The number of aryl methyl sites for hydroxylation is 2. The van der Waals surface area contributed by atoms with Crippen molar-refractivity contribution in [1.29, 1.82) is 0 Å². The molecule has 3 rings (SSSR count). The summed E-state index contributed by atoms with van der Waals surface area (Å²) in [6.45, 7) is 0. The van der Waals surface area contributed by atoms with E-state index in [1.54, 1.807) is 6.08 Å². The van der Waals surface area contributed by atoms with Gasteiger partial charge in [0.25, 0.3) is 0 Å². The molecule has 0 aromatic heterocycles. The molecule has 0 unspecified atom stereocenters. The molecule has 0 saturated carbocycles. The first-order chi connectivity index (χ1) is 17.9. The molecule has 5 nitrogen and oxygen atoms in total. The number of methoxy groups -OCH3 is 2. The van der Waals surface area contributed by atoms with E-state index in [2.05, 4.69) is 0 Å². The lowest BCUT2D eigenvalue weighted by Gasteiger charge is -2.14. The van der Waals surface area contributed by atoms with E-state index in [4.69, 9.17) is 9.47 Å². The minimum Gasteiger partial charge on any atom is -0.507 e. The van der Waals surface area contributed by atoms with Gasteiger partial charge < -0.3 is 14.6 Å². The van der Waals surface area contributed by atoms with Gasteiger partial charge in [-0.2, -0.15) is 0 Å². The number of rotatable bonds is 12. The molecule has 0 bridgehead atoms. The molecule has 194 valence electrons. The molecule has 0 radical (unpaired) electrons. The fourth-order valence-electron chi connectivity index (χ4n) is 4.06. The van der Waals surface area contributed by atoms with Crippen LogP contribution in [-0.2, 0) is 44.7 Å². The third-order valence-corrected chi connectivity index (χ3v) is 6.34. The van der Waals surface area contributed by atoms with Gasteiger partial charge in [-0.1, -0.05) is 60.7 Å². The minimum atomic E-state index is -0.395. The van der Waals surface area contributed by atoms with E-state index in [-0.39, 0.29) is 36.4 Å². The standard InChI is InChI=1S/C31H33FO5/c1-36-30(34)19-25-11-7-22(8-12-25)3-5-24(15-16-27-21-28(32)17-18-29(27)33)6-4-23-9-13-26(14-10-23)20-31(35)37-2/h7-18,21,24,33H,3-6,19-20H2,1-2H3/b16-15+. The van der Waals surface area contributed by atoms with Crippen molar-refractivity contribution in [1.82, 2.24) is 0 Å². The molecule has 0 atom stereocenters. The van der Waals surface area contributed by atoms with Crippen LogP contribution in [0.1, 0.15) is 40.7 Å². The summed E-state index contributed by atoms with van der Waals surface area (Å²) in [5.41, 5.74) is 4.58. The Bertz CT molecular complexity index is 1130. The summed E-state index contributed by atoms with van der Waals surface area (Å²) >= 11 is 0. The summed E-state index contributed by atoms with van der Waals surface area (Å²) < 4.78 is 23.1. The van der Waals surface area contributed by atoms with Gasteiger partial charge >= 0.3 is 11.9 Å². The molecule has 1 N–H and O–H groups in total. The summed E-state index contributed by atoms with van der Waals surface area (Å²) in [5, 5.41) is 10.1. The molecule has 37 heavy (non-hydrogen) atoms. The Kier molecular flexibility index (Phi) is 10.4. The maximum atomic E-state index is 13.7. The largest absolute Gasteiger partial charge is 0.507 e. The van der Waals surface area contributed by atoms with Crippen LogP contribution >= 0.6 is 0 Å². The number of esters is 2. The Balaban J connectivity index is 1.67. The average Bonchev–Trinajstić information content (AvgIpc) is 2.91. The molecule has 0 heterocycles. The molecule has 0 aliphatic rings. The van der Waals surface area contributed by atoms with Crippen LogP contribution < -0.4 is 0 Å². The molecule has 0 aliphatic carbocycles. The van der Waals surface area contributed by atoms with E-state index < -0.39 is 5.82 Å². The highest BCUT2D eigenvalue weighted by Crippen LogP contribution is 2.24. The third-order valence-electron chi connectivity index (χ3n) is 6.34. The van der Waals surface area contributed by atoms with Gasteiger partial charge in [-0.05, 0) is 72.1 Å². The number of phenolic OH excluding ortho intramolecular Hbond substituents is 1. The van der Waals surface area contributed by atoms with Gasteiger partial charge in [0.2, 0.25) is 0 Å². The number of allylic oxidation sites excluding steroid dienone is 1. The number of hydrogen-bond acceptors (Lipinski definition) is 5. The average molecular weight is 505 g/mol. The van der Waals surface area contributed by atoms with Crippen molar-refractivity contribution >= 4 is 18.0 Å². The van der Waals surface area contributed by atoms with Crippen LogP contribution in [0.25, 0.3) is 6.08 Å². The maximum absolute atomic E-state index is 13.7.